The predicted molar refractivity (Wildman–Crippen MR) is 53.3 cm³/mol. The largest absolute Gasteiger partial charge is 0.480 e. The minimum Gasteiger partial charge on any atom is -0.480 e. The summed E-state index contributed by atoms with van der Waals surface area (Å²) in [6.45, 7) is 7.02. The Labute approximate surface area is 78.3 Å². The number of aliphatic carboxylic acids is 1. The van der Waals surface area contributed by atoms with Crippen LogP contribution >= 0.6 is 12.6 Å². The predicted octanol–water partition coefficient (Wildman–Crippen LogP) is 1.63. The third-order valence-corrected chi connectivity index (χ3v) is 1.53. The summed E-state index contributed by atoms with van der Waals surface area (Å²) < 4.78 is -0.622. The molecule has 0 aromatic rings. The standard InChI is InChI=1S/C8H15NO2S/c1-5(2)9-6(7(10)11)8(3,4)12/h6,12H,1-4H3,(H,10,11)/t6-/m0/s1. The first-order chi connectivity index (χ1) is 5.25. The second-order valence-corrected chi connectivity index (χ2v) is 4.62. The fraction of sp³-hybridized carbons (Fsp3) is 0.750. The van der Waals surface area contributed by atoms with E-state index in [-0.39, 0.29) is 0 Å². The van der Waals surface area contributed by atoms with E-state index in [9.17, 15) is 4.79 Å². The van der Waals surface area contributed by atoms with Gasteiger partial charge in [0.2, 0.25) is 0 Å². The summed E-state index contributed by atoms with van der Waals surface area (Å²) in [7, 11) is 0. The van der Waals surface area contributed by atoms with E-state index < -0.39 is 16.8 Å². The molecule has 0 amide bonds. The highest BCUT2D eigenvalue weighted by atomic mass is 32.1. The Balaban J connectivity index is 4.70. The zero-order valence-electron chi connectivity index (χ0n) is 7.83. The lowest BCUT2D eigenvalue weighted by atomic mass is 10.0. The van der Waals surface area contributed by atoms with E-state index in [0.29, 0.717) is 0 Å². The second-order valence-electron chi connectivity index (χ2n) is 3.47. The molecule has 0 aliphatic heterocycles. The first-order valence-electron chi connectivity index (χ1n) is 3.71. The molecule has 0 bridgehead atoms. The SMILES string of the molecule is CC(C)=N[C@@H](C(=O)O)C(C)(C)S. The first kappa shape index (κ1) is 11.5. The van der Waals surface area contributed by atoms with E-state index >= 15 is 0 Å². The molecule has 0 saturated carbocycles. The quantitative estimate of drug-likeness (QED) is 0.523. The molecule has 0 aliphatic carbocycles. The number of nitrogens with zero attached hydrogens (tertiary/aromatic N) is 1. The Morgan fingerprint density at radius 3 is 2.00 bits per heavy atom. The van der Waals surface area contributed by atoms with Crippen LogP contribution in [-0.2, 0) is 4.79 Å². The van der Waals surface area contributed by atoms with Crippen molar-refractivity contribution < 1.29 is 9.90 Å². The number of aliphatic imine (C=N–C) groups is 1. The van der Waals surface area contributed by atoms with Crippen LogP contribution < -0.4 is 0 Å². The van der Waals surface area contributed by atoms with Crippen LogP contribution in [0.3, 0.4) is 0 Å². The van der Waals surface area contributed by atoms with E-state index in [1.54, 1.807) is 27.7 Å². The van der Waals surface area contributed by atoms with Gasteiger partial charge in [0.15, 0.2) is 6.04 Å². The van der Waals surface area contributed by atoms with E-state index in [1.807, 2.05) is 0 Å². The monoisotopic (exact) mass is 189 g/mol. The number of hydrogen-bond acceptors (Lipinski definition) is 3. The molecule has 0 heterocycles. The molecule has 12 heavy (non-hydrogen) atoms. The zero-order valence-corrected chi connectivity index (χ0v) is 8.72. The van der Waals surface area contributed by atoms with E-state index in [1.165, 1.54) is 0 Å². The molecule has 0 aromatic carbocycles. The van der Waals surface area contributed by atoms with Crippen molar-refractivity contribution >= 4 is 24.3 Å². The molecule has 70 valence electrons. The molecular weight excluding hydrogens is 174 g/mol. The molecule has 1 atom stereocenters. The van der Waals surface area contributed by atoms with Crippen molar-refractivity contribution in [1.29, 1.82) is 0 Å². The van der Waals surface area contributed by atoms with Crippen LogP contribution in [0.5, 0.6) is 0 Å². The highest BCUT2D eigenvalue weighted by Crippen LogP contribution is 2.20. The molecule has 1 N–H and O–H groups in total. The molecule has 0 unspecified atom stereocenters. The van der Waals surface area contributed by atoms with Gasteiger partial charge in [-0.1, -0.05) is 0 Å². The second kappa shape index (κ2) is 3.94. The van der Waals surface area contributed by atoms with Crippen LogP contribution in [-0.4, -0.2) is 27.6 Å². The summed E-state index contributed by atoms with van der Waals surface area (Å²) in [5.41, 5.74) is 0.754. The summed E-state index contributed by atoms with van der Waals surface area (Å²) in [5.74, 6) is -0.934. The topological polar surface area (TPSA) is 49.7 Å². The van der Waals surface area contributed by atoms with Crippen LogP contribution in [0, 0.1) is 0 Å². The fourth-order valence-electron chi connectivity index (χ4n) is 0.774. The molecular formula is C8H15NO2S. The van der Waals surface area contributed by atoms with Gasteiger partial charge >= 0.3 is 5.97 Å². The van der Waals surface area contributed by atoms with Crippen molar-refractivity contribution in [3.8, 4) is 0 Å². The molecule has 3 nitrogen and oxygen atoms in total. The van der Waals surface area contributed by atoms with Crippen LogP contribution in [0.4, 0.5) is 0 Å². The maximum absolute atomic E-state index is 10.7. The van der Waals surface area contributed by atoms with Gasteiger partial charge in [-0.05, 0) is 27.7 Å². The molecule has 4 heteroatoms. The van der Waals surface area contributed by atoms with Crippen molar-refractivity contribution in [3.63, 3.8) is 0 Å². The van der Waals surface area contributed by atoms with Gasteiger partial charge in [-0.25, -0.2) is 4.79 Å². The van der Waals surface area contributed by atoms with Gasteiger partial charge in [0, 0.05) is 10.5 Å². The lowest BCUT2D eigenvalue weighted by Crippen LogP contribution is -2.36. The first-order valence-corrected chi connectivity index (χ1v) is 4.16. The number of carboxylic acids is 1. The van der Waals surface area contributed by atoms with Gasteiger partial charge in [-0.2, -0.15) is 12.6 Å². The summed E-state index contributed by atoms with van der Waals surface area (Å²) in [6, 6.07) is -0.772. The van der Waals surface area contributed by atoms with Crippen molar-refractivity contribution in [2.75, 3.05) is 0 Å². The summed E-state index contributed by atoms with van der Waals surface area (Å²) in [6.07, 6.45) is 0. The Bertz CT molecular complexity index is 202. The molecule has 0 rings (SSSR count). The van der Waals surface area contributed by atoms with Crippen molar-refractivity contribution in [2.45, 2.75) is 38.5 Å². The Hall–Kier alpha value is -0.510. The highest BCUT2D eigenvalue weighted by molar-refractivity contribution is 7.81. The van der Waals surface area contributed by atoms with Crippen LogP contribution in [0.2, 0.25) is 0 Å². The van der Waals surface area contributed by atoms with Crippen molar-refractivity contribution in [3.05, 3.63) is 0 Å². The lowest BCUT2D eigenvalue weighted by molar-refractivity contribution is -0.138. The minimum absolute atomic E-state index is 0.622. The minimum atomic E-state index is -0.934. The maximum atomic E-state index is 10.7. The maximum Gasteiger partial charge on any atom is 0.329 e. The van der Waals surface area contributed by atoms with Crippen LogP contribution in [0.25, 0.3) is 0 Å². The summed E-state index contributed by atoms with van der Waals surface area (Å²) in [5, 5.41) is 8.80. The Morgan fingerprint density at radius 1 is 1.50 bits per heavy atom. The summed E-state index contributed by atoms with van der Waals surface area (Å²) in [4.78, 5) is 14.7. The molecule has 0 saturated heterocycles. The Morgan fingerprint density at radius 2 is 1.92 bits per heavy atom. The molecule has 0 fully saturated rings. The summed E-state index contributed by atoms with van der Waals surface area (Å²) >= 11 is 4.18. The number of rotatable bonds is 3. The normalized spacial score (nSPS) is 13.8. The van der Waals surface area contributed by atoms with Gasteiger partial charge in [-0.15, -0.1) is 0 Å². The number of carbonyl (C=O) groups is 1. The third-order valence-electron chi connectivity index (χ3n) is 1.29. The average molecular weight is 189 g/mol. The Kier molecular flexibility index (Phi) is 3.77. The van der Waals surface area contributed by atoms with Gasteiger partial charge in [0.05, 0.1) is 0 Å². The number of thiol groups is 1. The van der Waals surface area contributed by atoms with E-state index in [0.717, 1.165) is 5.71 Å². The highest BCUT2D eigenvalue weighted by Gasteiger charge is 2.31. The number of carboxylic acid groups (broad SMARTS) is 1. The van der Waals surface area contributed by atoms with Gasteiger partial charge in [0.25, 0.3) is 0 Å². The molecule has 0 aliphatic rings. The van der Waals surface area contributed by atoms with E-state index in [2.05, 4.69) is 17.6 Å². The van der Waals surface area contributed by atoms with Crippen molar-refractivity contribution in [2.24, 2.45) is 4.99 Å². The fourth-order valence-corrected chi connectivity index (χ4v) is 0.942. The molecule has 0 spiro atoms. The lowest BCUT2D eigenvalue weighted by Gasteiger charge is -2.22. The zero-order chi connectivity index (χ0) is 9.94. The third kappa shape index (κ3) is 3.76. The van der Waals surface area contributed by atoms with Crippen molar-refractivity contribution in [1.82, 2.24) is 0 Å². The van der Waals surface area contributed by atoms with Crippen LogP contribution in [0.15, 0.2) is 4.99 Å². The van der Waals surface area contributed by atoms with Gasteiger partial charge < -0.3 is 5.11 Å². The molecule has 0 radical (unpaired) electrons. The van der Waals surface area contributed by atoms with Gasteiger partial charge in [0.1, 0.15) is 0 Å². The van der Waals surface area contributed by atoms with E-state index in [4.69, 9.17) is 5.11 Å². The molecule has 0 aromatic heterocycles. The van der Waals surface area contributed by atoms with Gasteiger partial charge in [-0.3, -0.25) is 4.99 Å². The smallest absolute Gasteiger partial charge is 0.329 e. The number of hydrogen-bond donors (Lipinski definition) is 2. The van der Waals surface area contributed by atoms with Crippen LogP contribution in [0.1, 0.15) is 27.7 Å². The average Bonchev–Trinajstić information content (AvgIpc) is 1.79.